The minimum absolute atomic E-state index is 0.00262. The summed E-state index contributed by atoms with van der Waals surface area (Å²) < 4.78 is 25.3. The number of carbonyl (C=O) groups excluding carboxylic acids is 6. The third-order valence-corrected chi connectivity index (χ3v) is 7.67. The molecule has 4 N–H and O–H groups in total. The van der Waals surface area contributed by atoms with Crippen LogP contribution in [0.2, 0.25) is 0 Å². The van der Waals surface area contributed by atoms with E-state index in [1.165, 1.54) is 48.5 Å². The molecule has 0 spiro atoms. The van der Waals surface area contributed by atoms with Gasteiger partial charge in [0.05, 0.1) is 11.1 Å². The summed E-state index contributed by atoms with van der Waals surface area (Å²) in [6.07, 6.45) is -0.529. The van der Waals surface area contributed by atoms with Gasteiger partial charge in [-0.05, 0) is 48.7 Å². The Labute approximate surface area is 276 Å². The number of aliphatic hydroxyl groups excluding tert-OH is 2. The van der Waals surface area contributed by atoms with Gasteiger partial charge in [-0.25, -0.2) is 9.59 Å². The van der Waals surface area contributed by atoms with Crippen LogP contribution >= 0.6 is 0 Å². The zero-order valence-electron chi connectivity index (χ0n) is 25.3. The number of benzene rings is 3. The fourth-order valence-electron chi connectivity index (χ4n) is 5.22. The van der Waals surface area contributed by atoms with Gasteiger partial charge in [-0.3, -0.25) is 19.2 Å². The molecule has 15 heteroatoms. The number of ether oxygens (including phenoxy) is 5. The highest BCUT2D eigenvalue weighted by molar-refractivity contribution is 6.11. The van der Waals surface area contributed by atoms with Crippen LogP contribution < -0.4 is 9.47 Å². The molecule has 49 heavy (non-hydrogen) atoms. The van der Waals surface area contributed by atoms with E-state index in [4.69, 9.17) is 23.7 Å². The molecule has 3 atom stereocenters. The Morgan fingerprint density at radius 1 is 0.653 bits per heavy atom. The summed E-state index contributed by atoms with van der Waals surface area (Å²) in [6.45, 7) is -0.0699. The number of esters is 6. The molecule has 1 aliphatic carbocycles. The van der Waals surface area contributed by atoms with Gasteiger partial charge in [0, 0.05) is 17.0 Å². The van der Waals surface area contributed by atoms with E-state index >= 15 is 0 Å². The Kier molecular flexibility index (Phi) is 10.6. The first-order valence-electron chi connectivity index (χ1n) is 14.7. The molecule has 0 bridgehead atoms. The molecule has 1 aliphatic heterocycles. The van der Waals surface area contributed by atoms with E-state index in [2.05, 4.69) is 0 Å². The van der Waals surface area contributed by atoms with E-state index < -0.39 is 77.3 Å². The number of fused-ring (bicyclic) bond motifs is 1. The minimum atomic E-state index is -2.23. The standard InChI is InChI=1S/C34H28O15/c35-27(36)21-12-10-19(14-22(21)28(37)38)29(39)47-31(41)26(18-8-4-5-9-18)34(44)49-33(43)25(17-6-2-1-3-7-17)32(42)48-30(40)20-11-13-23-24(15-20)46-16-45-23/h1-4,6-8,10-15,18,25-28,35-38H,5,9,16H2. The Bertz CT molecular complexity index is 1810. The molecule has 0 saturated carbocycles. The van der Waals surface area contributed by atoms with Crippen LogP contribution in [0.1, 0.15) is 68.7 Å². The molecule has 5 rings (SSSR count). The zero-order chi connectivity index (χ0) is 35.2. The second-order valence-electron chi connectivity index (χ2n) is 10.8. The second kappa shape index (κ2) is 15.0. The normalized spacial score (nSPS) is 15.8. The van der Waals surface area contributed by atoms with Crippen molar-refractivity contribution in [2.24, 2.45) is 11.8 Å². The van der Waals surface area contributed by atoms with Gasteiger partial charge in [0.2, 0.25) is 6.79 Å². The van der Waals surface area contributed by atoms with E-state index in [-0.39, 0.29) is 35.7 Å². The van der Waals surface area contributed by atoms with Gasteiger partial charge in [0.25, 0.3) is 0 Å². The number of hydrogen-bond donors (Lipinski definition) is 4. The van der Waals surface area contributed by atoms with Crippen molar-refractivity contribution < 1.29 is 72.9 Å². The molecular weight excluding hydrogens is 648 g/mol. The van der Waals surface area contributed by atoms with Crippen molar-refractivity contribution in [3.63, 3.8) is 0 Å². The molecule has 0 aromatic heterocycles. The number of rotatable bonds is 10. The predicted octanol–water partition coefficient (Wildman–Crippen LogP) is 1.88. The summed E-state index contributed by atoms with van der Waals surface area (Å²) >= 11 is 0. The summed E-state index contributed by atoms with van der Waals surface area (Å²) in [5, 5.41) is 38.1. The molecule has 3 aromatic rings. The third kappa shape index (κ3) is 7.88. The number of carbonyl (C=O) groups is 6. The monoisotopic (exact) mass is 676 g/mol. The van der Waals surface area contributed by atoms with E-state index in [9.17, 15) is 49.2 Å². The Balaban J connectivity index is 1.34. The van der Waals surface area contributed by atoms with E-state index in [1.807, 2.05) is 0 Å². The molecule has 254 valence electrons. The maximum Gasteiger partial charge on any atom is 0.345 e. The SMILES string of the molecule is O=C(OC(=O)C(C(=O)OC(=O)C(C(=O)OC(=O)c1ccc(C(O)O)c(C(O)O)c1)C1C=CCC1)c1ccccc1)c1ccc2c(c1)OCO2. The van der Waals surface area contributed by atoms with Crippen LogP contribution in [0.25, 0.3) is 0 Å². The lowest BCUT2D eigenvalue weighted by atomic mass is 9.91. The van der Waals surface area contributed by atoms with Crippen LogP contribution in [-0.4, -0.2) is 63.0 Å². The number of hydrogen-bond acceptors (Lipinski definition) is 15. The largest absolute Gasteiger partial charge is 0.454 e. The van der Waals surface area contributed by atoms with E-state index in [0.717, 1.165) is 18.2 Å². The molecule has 3 aromatic carbocycles. The lowest BCUT2D eigenvalue weighted by molar-refractivity contribution is -0.169. The summed E-state index contributed by atoms with van der Waals surface area (Å²) in [6, 6.07) is 14.1. The van der Waals surface area contributed by atoms with Gasteiger partial charge in [0.15, 0.2) is 35.9 Å². The maximum atomic E-state index is 13.4. The lowest BCUT2D eigenvalue weighted by Gasteiger charge is -2.20. The first-order valence-corrected chi connectivity index (χ1v) is 14.7. The highest BCUT2D eigenvalue weighted by Crippen LogP contribution is 2.33. The minimum Gasteiger partial charge on any atom is -0.454 e. The van der Waals surface area contributed by atoms with Gasteiger partial charge in [-0.2, -0.15) is 0 Å². The highest BCUT2D eigenvalue weighted by atomic mass is 16.7. The number of allylic oxidation sites excluding steroid dienone is 2. The van der Waals surface area contributed by atoms with Gasteiger partial charge < -0.3 is 44.1 Å². The molecule has 15 nitrogen and oxygen atoms in total. The van der Waals surface area contributed by atoms with Gasteiger partial charge >= 0.3 is 35.8 Å². The van der Waals surface area contributed by atoms with Gasteiger partial charge in [-0.15, -0.1) is 0 Å². The quantitative estimate of drug-likeness (QED) is 0.0790. The predicted molar refractivity (Wildman–Crippen MR) is 160 cm³/mol. The fourth-order valence-corrected chi connectivity index (χ4v) is 5.22. The Hall–Kier alpha value is -5.74. The van der Waals surface area contributed by atoms with Crippen LogP contribution in [0.3, 0.4) is 0 Å². The van der Waals surface area contributed by atoms with Crippen molar-refractivity contribution in [1.82, 2.24) is 0 Å². The maximum absolute atomic E-state index is 13.4. The van der Waals surface area contributed by atoms with Gasteiger partial charge in [-0.1, -0.05) is 48.6 Å². The summed E-state index contributed by atoms with van der Waals surface area (Å²) in [7, 11) is 0. The van der Waals surface area contributed by atoms with Crippen LogP contribution in [0.15, 0.2) is 78.9 Å². The molecule has 1 heterocycles. The average molecular weight is 677 g/mol. The van der Waals surface area contributed by atoms with E-state index in [0.29, 0.717) is 12.2 Å². The van der Waals surface area contributed by atoms with Crippen molar-refractivity contribution in [1.29, 1.82) is 0 Å². The summed E-state index contributed by atoms with van der Waals surface area (Å²) in [4.78, 5) is 79.1. The molecular formula is C34H28O15. The molecule has 0 radical (unpaired) electrons. The molecule has 0 amide bonds. The fraction of sp³-hybridized carbons (Fsp3) is 0.235. The number of aliphatic hydroxyl groups is 4. The summed E-state index contributed by atoms with van der Waals surface area (Å²) in [5.74, 6) is -12.3. The van der Waals surface area contributed by atoms with Crippen LogP contribution in [-0.2, 0) is 33.4 Å². The summed E-state index contributed by atoms with van der Waals surface area (Å²) in [5.41, 5.74) is -1.31. The second-order valence-corrected chi connectivity index (χ2v) is 10.8. The topological polar surface area (TPSA) is 229 Å². The molecule has 3 unspecified atom stereocenters. The van der Waals surface area contributed by atoms with Crippen molar-refractivity contribution in [2.45, 2.75) is 31.3 Å². The van der Waals surface area contributed by atoms with Crippen molar-refractivity contribution >= 4 is 35.8 Å². The Morgan fingerprint density at radius 2 is 1.24 bits per heavy atom. The zero-order valence-corrected chi connectivity index (χ0v) is 25.3. The van der Waals surface area contributed by atoms with E-state index in [1.54, 1.807) is 12.1 Å². The van der Waals surface area contributed by atoms with Crippen molar-refractivity contribution in [2.75, 3.05) is 6.79 Å². The van der Waals surface area contributed by atoms with Gasteiger partial charge in [0.1, 0.15) is 0 Å². The first-order chi connectivity index (χ1) is 23.4. The van der Waals surface area contributed by atoms with Crippen molar-refractivity contribution in [3.8, 4) is 11.5 Å². The highest BCUT2D eigenvalue weighted by Gasteiger charge is 2.42. The third-order valence-electron chi connectivity index (χ3n) is 7.67. The smallest absolute Gasteiger partial charge is 0.345 e. The molecule has 0 saturated heterocycles. The van der Waals surface area contributed by atoms with Crippen molar-refractivity contribution in [3.05, 3.63) is 107 Å². The average Bonchev–Trinajstić information content (AvgIpc) is 3.77. The molecule has 0 fully saturated rings. The Morgan fingerprint density at radius 3 is 1.90 bits per heavy atom. The van der Waals surface area contributed by atoms with Crippen LogP contribution in [0.4, 0.5) is 0 Å². The molecule has 2 aliphatic rings. The van der Waals surface area contributed by atoms with Crippen LogP contribution in [0, 0.1) is 11.8 Å². The first kappa shape index (κ1) is 34.6. The lowest BCUT2D eigenvalue weighted by Crippen LogP contribution is -2.37. The van der Waals surface area contributed by atoms with Crippen LogP contribution in [0.5, 0.6) is 11.5 Å².